The first kappa shape index (κ1) is 13.5. The summed E-state index contributed by atoms with van der Waals surface area (Å²) in [4.78, 5) is 1.17. The molecule has 1 N–H and O–H groups in total. The molecule has 0 fully saturated rings. The number of fused-ring (bicyclic) bond motifs is 1. The third-order valence-corrected chi connectivity index (χ3v) is 5.29. The Hall–Kier alpha value is 0.110. The lowest BCUT2D eigenvalue weighted by atomic mass is 10.0. The zero-order valence-electron chi connectivity index (χ0n) is 10.1. The SMILES string of the molecule is CCCC1Sc2c(Cl)ccc(Cl)c2C1NCC. The van der Waals surface area contributed by atoms with Crippen LogP contribution in [-0.2, 0) is 0 Å². The van der Waals surface area contributed by atoms with Gasteiger partial charge in [0.2, 0.25) is 0 Å². The van der Waals surface area contributed by atoms with Gasteiger partial charge in [-0.15, -0.1) is 11.8 Å². The van der Waals surface area contributed by atoms with E-state index in [0.717, 1.165) is 16.6 Å². The normalized spacial score (nSPS) is 22.8. The first-order valence-electron chi connectivity index (χ1n) is 6.07. The summed E-state index contributed by atoms with van der Waals surface area (Å²) in [6.45, 7) is 5.30. The predicted molar refractivity (Wildman–Crippen MR) is 77.4 cm³/mol. The van der Waals surface area contributed by atoms with Crippen LogP contribution < -0.4 is 5.32 Å². The van der Waals surface area contributed by atoms with Crippen molar-refractivity contribution in [1.82, 2.24) is 5.32 Å². The number of hydrogen-bond acceptors (Lipinski definition) is 2. The maximum atomic E-state index is 6.33. The van der Waals surface area contributed by atoms with Gasteiger partial charge in [-0.2, -0.15) is 0 Å². The van der Waals surface area contributed by atoms with Gasteiger partial charge in [-0.3, -0.25) is 0 Å². The Bertz CT molecular complexity index is 409. The quantitative estimate of drug-likeness (QED) is 0.844. The zero-order valence-corrected chi connectivity index (χ0v) is 12.4. The van der Waals surface area contributed by atoms with Gasteiger partial charge in [-0.1, -0.05) is 43.5 Å². The molecule has 1 aliphatic rings. The maximum Gasteiger partial charge on any atom is 0.0546 e. The van der Waals surface area contributed by atoms with Crippen molar-refractivity contribution in [2.75, 3.05) is 6.54 Å². The van der Waals surface area contributed by atoms with Crippen molar-refractivity contribution in [2.24, 2.45) is 0 Å². The maximum absolute atomic E-state index is 6.33. The van der Waals surface area contributed by atoms with Crippen LogP contribution in [0, 0.1) is 0 Å². The molecule has 2 atom stereocenters. The van der Waals surface area contributed by atoms with Crippen molar-refractivity contribution in [3.8, 4) is 0 Å². The third kappa shape index (κ3) is 2.60. The molecule has 94 valence electrons. The molecule has 4 heteroatoms. The minimum absolute atomic E-state index is 0.339. The Morgan fingerprint density at radius 3 is 2.59 bits per heavy atom. The van der Waals surface area contributed by atoms with Crippen LogP contribution in [0.25, 0.3) is 0 Å². The van der Waals surface area contributed by atoms with E-state index in [2.05, 4.69) is 19.2 Å². The fraction of sp³-hybridized carbons (Fsp3) is 0.538. The van der Waals surface area contributed by atoms with Gasteiger partial charge >= 0.3 is 0 Å². The Morgan fingerprint density at radius 1 is 1.24 bits per heavy atom. The van der Waals surface area contributed by atoms with Gasteiger partial charge in [-0.05, 0) is 25.1 Å². The number of thioether (sulfide) groups is 1. The molecule has 0 aromatic heterocycles. The van der Waals surface area contributed by atoms with E-state index >= 15 is 0 Å². The molecule has 0 radical (unpaired) electrons. The number of benzene rings is 1. The van der Waals surface area contributed by atoms with E-state index < -0.39 is 0 Å². The number of rotatable bonds is 4. The fourth-order valence-corrected chi connectivity index (χ4v) is 4.53. The second-order valence-electron chi connectivity index (χ2n) is 4.25. The highest BCUT2D eigenvalue weighted by molar-refractivity contribution is 8.00. The van der Waals surface area contributed by atoms with Crippen LogP contribution in [0.4, 0.5) is 0 Å². The number of hydrogen-bond donors (Lipinski definition) is 1. The van der Waals surface area contributed by atoms with Crippen LogP contribution >= 0.6 is 35.0 Å². The Morgan fingerprint density at radius 2 is 1.94 bits per heavy atom. The average molecular weight is 290 g/mol. The minimum Gasteiger partial charge on any atom is -0.309 e. The monoisotopic (exact) mass is 289 g/mol. The van der Waals surface area contributed by atoms with Crippen LogP contribution in [0.15, 0.2) is 17.0 Å². The van der Waals surface area contributed by atoms with Crippen molar-refractivity contribution in [2.45, 2.75) is 42.9 Å². The van der Waals surface area contributed by atoms with Crippen molar-refractivity contribution in [1.29, 1.82) is 0 Å². The van der Waals surface area contributed by atoms with Gasteiger partial charge in [0, 0.05) is 26.8 Å². The lowest BCUT2D eigenvalue weighted by Gasteiger charge is -2.20. The summed E-state index contributed by atoms with van der Waals surface area (Å²) >= 11 is 14.5. The van der Waals surface area contributed by atoms with E-state index in [-0.39, 0.29) is 0 Å². The zero-order chi connectivity index (χ0) is 12.4. The van der Waals surface area contributed by atoms with Crippen LogP contribution in [0.1, 0.15) is 38.3 Å². The van der Waals surface area contributed by atoms with Gasteiger partial charge in [0.05, 0.1) is 5.02 Å². The molecular weight excluding hydrogens is 273 g/mol. The molecule has 17 heavy (non-hydrogen) atoms. The van der Waals surface area contributed by atoms with E-state index in [0.29, 0.717) is 11.3 Å². The summed E-state index contributed by atoms with van der Waals surface area (Å²) in [7, 11) is 0. The van der Waals surface area contributed by atoms with E-state index in [9.17, 15) is 0 Å². The van der Waals surface area contributed by atoms with E-state index in [1.54, 1.807) is 0 Å². The lowest BCUT2D eigenvalue weighted by molar-refractivity contribution is 0.514. The second kappa shape index (κ2) is 5.83. The molecule has 0 saturated carbocycles. The molecule has 0 aliphatic carbocycles. The third-order valence-electron chi connectivity index (χ3n) is 3.04. The summed E-state index contributed by atoms with van der Waals surface area (Å²) in [5.74, 6) is 0. The van der Waals surface area contributed by atoms with Crippen LogP contribution in [0.5, 0.6) is 0 Å². The largest absolute Gasteiger partial charge is 0.309 e. The number of nitrogens with one attached hydrogen (secondary N) is 1. The van der Waals surface area contributed by atoms with Crippen molar-refractivity contribution >= 4 is 35.0 Å². The van der Waals surface area contributed by atoms with E-state index in [1.807, 2.05) is 23.9 Å². The highest BCUT2D eigenvalue weighted by Crippen LogP contribution is 2.51. The Labute approximate surface area is 117 Å². The summed E-state index contributed by atoms with van der Waals surface area (Å²) in [6, 6.07) is 4.14. The molecule has 1 heterocycles. The molecule has 1 aromatic carbocycles. The number of halogens is 2. The van der Waals surface area contributed by atoms with Gasteiger partial charge in [-0.25, -0.2) is 0 Å². The Kier molecular flexibility index (Phi) is 4.65. The summed E-state index contributed by atoms with van der Waals surface area (Å²) < 4.78 is 0. The summed E-state index contributed by atoms with van der Waals surface area (Å²) in [6.07, 6.45) is 2.37. The molecule has 0 saturated heterocycles. The standard InChI is InChI=1S/C13H17Cl2NS/c1-3-5-10-12(16-4-2)11-8(14)6-7-9(15)13(11)17-10/h6-7,10,12,16H,3-5H2,1-2H3. The molecule has 0 amide bonds. The van der Waals surface area contributed by atoms with E-state index in [4.69, 9.17) is 23.2 Å². The lowest BCUT2D eigenvalue weighted by Crippen LogP contribution is -2.27. The molecule has 0 bridgehead atoms. The molecule has 0 spiro atoms. The average Bonchev–Trinajstić information content (AvgIpc) is 2.66. The molecule has 1 aliphatic heterocycles. The van der Waals surface area contributed by atoms with Crippen LogP contribution in [-0.4, -0.2) is 11.8 Å². The van der Waals surface area contributed by atoms with Crippen LogP contribution in [0.3, 0.4) is 0 Å². The fourth-order valence-electron chi connectivity index (χ4n) is 2.33. The minimum atomic E-state index is 0.339. The summed E-state index contributed by atoms with van der Waals surface area (Å²) in [5, 5.41) is 5.75. The van der Waals surface area contributed by atoms with Gasteiger partial charge in [0.25, 0.3) is 0 Å². The molecular formula is C13H17Cl2NS. The van der Waals surface area contributed by atoms with Crippen molar-refractivity contribution in [3.05, 3.63) is 27.7 Å². The van der Waals surface area contributed by atoms with Gasteiger partial charge in [0.1, 0.15) is 0 Å². The molecule has 2 rings (SSSR count). The van der Waals surface area contributed by atoms with E-state index in [1.165, 1.54) is 23.3 Å². The Balaban J connectivity index is 2.39. The smallest absolute Gasteiger partial charge is 0.0546 e. The van der Waals surface area contributed by atoms with Crippen molar-refractivity contribution < 1.29 is 0 Å². The van der Waals surface area contributed by atoms with Gasteiger partial charge in [0.15, 0.2) is 0 Å². The molecule has 1 nitrogen and oxygen atoms in total. The predicted octanol–water partition coefficient (Wildman–Crippen LogP) is 4.92. The van der Waals surface area contributed by atoms with Crippen LogP contribution in [0.2, 0.25) is 10.0 Å². The first-order valence-corrected chi connectivity index (χ1v) is 7.70. The highest BCUT2D eigenvalue weighted by Gasteiger charge is 2.35. The van der Waals surface area contributed by atoms with Gasteiger partial charge < -0.3 is 5.32 Å². The first-order chi connectivity index (χ1) is 8.19. The summed E-state index contributed by atoms with van der Waals surface area (Å²) in [5.41, 5.74) is 1.20. The topological polar surface area (TPSA) is 12.0 Å². The van der Waals surface area contributed by atoms with Crippen molar-refractivity contribution in [3.63, 3.8) is 0 Å². The molecule has 1 aromatic rings. The highest BCUT2D eigenvalue weighted by atomic mass is 35.5. The molecule has 2 unspecified atom stereocenters. The second-order valence-corrected chi connectivity index (χ2v) is 6.32.